The summed E-state index contributed by atoms with van der Waals surface area (Å²) in [5.74, 6) is -0.0301. The van der Waals surface area contributed by atoms with Gasteiger partial charge in [0.2, 0.25) is 0 Å². The number of aliphatic hydroxyl groups excluding tert-OH is 4. The van der Waals surface area contributed by atoms with Gasteiger partial charge in [0.05, 0.1) is 6.10 Å². The molecule has 1 saturated heterocycles. The van der Waals surface area contributed by atoms with Crippen LogP contribution in [0.15, 0.2) is 0 Å². The van der Waals surface area contributed by atoms with Crippen LogP contribution in [0.5, 0.6) is 0 Å². The van der Waals surface area contributed by atoms with Crippen LogP contribution in [-0.4, -0.2) is 83.7 Å². The van der Waals surface area contributed by atoms with Gasteiger partial charge in [-0.05, 0) is 12.3 Å². The summed E-state index contributed by atoms with van der Waals surface area (Å²) < 4.78 is 11.2. The van der Waals surface area contributed by atoms with Crippen LogP contribution >= 0.6 is 0 Å². The molecule has 10 heteroatoms. The second-order valence-corrected chi connectivity index (χ2v) is 6.52. The van der Waals surface area contributed by atoms with Crippen LogP contribution in [-0.2, 0) is 9.47 Å². The predicted molar refractivity (Wildman–Crippen MR) is 80.8 cm³/mol. The number of rotatable bonds is 4. The highest BCUT2D eigenvalue weighted by Gasteiger charge is 2.46. The van der Waals surface area contributed by atoms with E-state index >= 15 is 0 Å². The lowest BCUT2D eigenvalue weighted by molar-refractivity contribution is -0.312. The van der Waals surface area contributed by atoms with E-state index in [-0.39, 0.29) is 12.3 Å². The molecule has 2 rings (SSSR count). The number of ether oxygens (including phenoxy) is 2. The molecule has 8 N–H and O–H groups in total. The van der Waals surface area contributed by atoms with Gasteiger partial charge in [-0.15, -0.1) is 0 Å². The normalized spacial score (nSPS) is 48.6. The van der Waals surface area contributed by atoms with E-state index in [1.165, 1.54) is 0 Å². The molecule has 1 aliphatic heterocycles. The molecule has 0 aromatic rings. The van der Waals surface area contributed by atoms with E-state index in [1.54, 1.807) is 0 Å². The first-order chi connectivity index (χ1) is 10.8. The van der Waals surface area contributed by atoms with E-state index in [1.807, 2.05) is 13.8 Å². The molecule has 7 unspecified atom stereocenters. The minimum absolute atomic E-state index is 0.0301. The van der Waals surface area contributed by atoms with Crippen LogP contribution < -0.4 is 16.3 Å². The second-order valence-electron chi connectivity index (χ2n) is 6.52. The number of hydrogen-bond acceptors (Lipinski definition) is 9. The van der Waals surface area contributed by atoms with Gasteiger partial charge in [0, 0.05) is 12.1 Å². The van der Waals surface area contributed by atoms with E-state index < -0.39 is 55.2 Å². The number of hydrogen-bond donors (Lipinski definition) is 7. The zero-order chi connectivity index (χ0) is 17.3. The van der Waals surface area contributed by atoms with Crippen molar-refractivity contribution in [2.45, 2.75) is 75.5 Å². The Morgan fingerprint density at radius 1 is 1.22 bits per heavy atom. The number of aliphatic hydroxyl groups is 4. The summed E-state index contributed by atoms with van der Waals surface area (Å²) in [7, 11) is 5.32. The fraction of sp³-hybridized carbons (Fsp3) is 1.00. The molecule has 0 aromatic heterocycles. The van der Waals surface area contributed by atoms with Gasteiger partial charge < -0.3 is 40.9 Å². The summed E-state index contributed by atoms with van der Waals surface area (Å²) in [5.41, 5.74) is 5.98. The van der Waals surface area contributed by atoms with Gasteiger partial charge in [-0.25, -0.2) is 0 Å². The molecular formula is C13H26BN3O6. The summed E-state index contributed by atoms with van der Waals surface area (Å²) in [6, 6.07) is -1.17. The van der Waals surface area contributed by atoms with Gasteiger partial charge in [0.25, 0.3) is 0 Å². The third-order valence-electron chi connectivity index (χ3n) is 4.41. The van der Waals surface area contributed by atoms with Crippen LogP contribution in [0.4, 0.5) is 0 Å². The van der Waals surface area contributed by atoms with Gasteiger partial charge in [-0.2, -0.15) is 0 Å². The molecule has 132 valence electrons. The van der Waals surface area contributed by atoms with E-state index in [4.69, 9.17) is 23.2 Å². The summed E-state index contributed by atoms with van der Waals surface area (Å²) in [4.78, 5) is 0. The SMILES string of the molecule is [B]NC1CC(N)C(OC2OC(C(C)C)[C@@H](O)N[C@H]2O)C(O)C1O. The monoisotopic (exact) mass is 331 g/mol. The molecule has 9 atom stereocenters. The zero-order valence-electron chi connectivity index (χ0n) is 13.2. The van der Waals surface area contributed by atoms with Gasteiger partial charge in [-0.1, -0.05) is 13.8 Å². The molecule has 0 bridgehead atoms. The maximum atomic E-state index is 10.2. The van der Waals surface area contributed by atoms with Crippen molar-refractivity contribution in [2.24, 2.45) is 11.7 Å². The largest absolute Gasteiger partial charge is 0.389 e. The predicted octanol–water partition coefficient (Wildman–Crippen LogP) is -3.53. The van der Waals surface area contributed by atoms with Crippen LogP contribution in [0.3, 0.4) is 0 Å². The van der Waals surface area contributed by atoms with Crippen LogP contribution in [0.25, 0.3) is 0 Å². The highest BCUT2D eigenvalue weighted by molar-refractivity contribution is 6.04. The molecule has 2 aliphatic rings. The Morgan fingerprint density at radius 3 is 2.43 bits per heavy atom. The first-order valence-electron chi connectivity index (χ1n) is 7.77. The van der Waals surface area contributed by atoms with E-state index in [0.717, 1.165) is 0 Å². The molecule has 9 nitrogen and oxygen atoms in total. The van der Waals surface area contributed by atoms with Crippen molar-refractivity contribution < 1.29 is 29.9 Å². The number of morpholine rings is 1. The smallest absolute Gasteiger partial charge is 0.198 e. The average Bonchev–Trinajstić information content (AvgIpc) is 2.48. The first-order valence-corrected chi connectivity index (χ1v) is 7.77. The van der Waals surface area contributed by atoms with Crippen molar-refractivity contribution in [3.05, 3.63) is 0 Å². The Morgan fingerprint density at radius 2 is 1.87 bits per heavy atom. The highest BCUT2D eigenvalue weighted by atomic mass is 16.7. The van der Waals surface area contributed by atoms with Crippen molar-refractivity contribution in [3.8, 4) is 0 Å². The zero-order valence-corrected chi connectivity index (χ0v) is 13.2. The van der Waals surface area contributed by atoms with Crippen molar-refractivity contribution in [1.82, 2.24) is 10.5 Å². The summed E-state index contributed by atoms with van der Waals surface area (Å²) in [6.07, 6.45) is -7.17. The molecule has 1 heterocycles. The summed E-state index contributed by atoms with van der Waals surface area (Å²) in [6.45, 7) is 3.71. The Labute approximate surface area is 136 Å². The highest BCUT2D eigenvalue weighted by Crippen LogP contribution is 2.26. The minimum Gasteiger partial charge on any atom is -0.389 e. The van der Waals surface area contributed by atoms with Gasteiger partial charge >= 0.3 is 0 Å². The van der Waals surface area contributed by atoms with E-state index in [0.29, 0.717) is 0 Å². The van der Waals surface area contributed by atoms with Gasteiger partial charge in [0.15, 0.2) is 20.5 Å². The molecule has 2 fully saturated rings. The number of nitrogens with one attached hydrogen (secondary N) is 2. The third-order valence-corrected chi connectivity index (χ3v) is 4.41. The lowest BCUT2D eigenvalue weighted by atomic mass is 9.83. The molecule has 1 aliphatic carbocycles. The third kappa shape index (κ3) is 4.03. The average molecular weight is 331 g/mol. The summed E-state index contributed by atoms with van der Waals surface area (Å²) in [5, 5.41) is 45.0. The lowest BCUT2D eigenvalue weighted by Gasteiger charge is -2.45. The molecule has 0 amide bonds. The summed E-state index contributed by atoms with van der Waals surface area (Å²) >= 11 is 0. The molecule has 2 radical (unpaired) electrons. The molecule has 0 spiro atoms. The standard InChI is InChI=1S/C13H26BN3O6/c1-4(2)9-11(20)16-12(21)13(22-9)23-10-5(15)3-6(17-14)7(18)8(10)19/h4-13,16-21H,3,15H2,1-2H3/t5?,6?,7?,8?,9?,10?,11-,12+,13?/m1/s1. The van der Waals surface area contributed by atoms with Crippen LogP contribution in [0.1, 0.15) is 20.3 Å². The van der Waals surface area contributed by atoms with Crippen molar-refractivity contribution in [1.29, 1.82) is 0 Å². The Balaban J connectivity index is 2.05. The minimum atomic E-state index is -1.29. The first kappa shape index (κ1) is 19.0. The second kappa shape index (κ2) is 7.73. The molecule has 1 saturated carbocycles. The van der Waals surface area contributed by atoms with E-state index in [9.17, 15) is 20.4 Å². The number of nitrogens with two attached hydrogens (primary N) is 1. The quantitative estimate of drug-likeness (QED) is 0.260. The van der Waals surface area contributed by atoms with Gasteiger partial charge in [0.1, 0.15) is 24.5 Å². The van der Waals surface area contributed by atoms with Crippen molar-refractivity contribution in [3.63, 3.8) is 0 Å². The lowest BCUT2D eigenvalue weighted by Crippen LogP contribution is -2.66. The Bertz CT molecular complexity index is 393. The van der Waals surface area contributed by atoms with E-state index in [2.05, 4.69) is 10.5 Å². The molecule has 0 aromatic carbocycles. The maximum absolute atomic E-state index is 10.2. The van der Waals surface area contributed by atoms with Crippen molar-refractivity contribution in [2.75, 3.05) is 0 Å². The van der Waals surface area contributed by atoms with Gasteiger partial charge in [-0.3, -0.25) is 5.32 Å². The fourth-order valence-electron chi connectivity index (χ4n) is 3.04. The molecule has 23 heavy (non-hydrogen) atoms. The maximum Gasteiger partial charge on any atom is 0.198 e. The fourth-order valence-corrected chi connectivity index (χ4v) is 3.04. The van der Waals surface area contributed by atoms with Crippen LogP contribution in [0, 0.1) is 5.92 Å². The Hall–Kier alpha value is -0.295. The van der Waals surface area contributed by atoms with Crippen molar-refractivity contribution >= 4 is 7.98 Å². The molecular weight excluding hydrogens is 305 g/mol. The topological polar surface area (TPSA) is 149 Å². The van der Waals surface area contributed by atoms with Crippen LogP contribution in [0.2, 0.25) is 0 Å². The Kier molecular flexibility index (Phi) is 6.39.